The molecule has 0 amide bonds. The molecule has 5 heteroatoms. The Labute approximate surface area is 72.9 Å². The first-order chi connectivity index (χ1) is 5.70. The molecule has 0 saturated heterocycles. The number of aromatic nitrogens is 1. The molecule has 12 heavy (non-hydrogen) atoms. The molecule has 1 aliphatic heterocycles. The van der Waals surface area contributed by atoms with Gasteiger partial charge in [-0.2, -0.15) is 9.12 Å². The molecule has 1 aromatic rings. The van der Waals surface area contributed by atoms with Gasteiger partial charge in [0.1, 0.15) is 5.02 Å². The van der Waals surface area contributed by atoms with Crippen molar-refractivity contribution in [2.24, 2.45) is 0 Å². The smallest absolute Gasteiger partial charge is 0.240 e. The maximum Gasteiger partial charge on any atom is 0.240 e. The lowest BCUT2D eigenvalue weighted by atomic mass is 10.3. The number of hydrogen-bond acceptors (Lipinski definition) is 2. The summed E-state index contributed by atoms with van der Waals surface area (Å²) in [6, 6.07) is 0. The molecule has 0 spiro atoms. The summed E-state index contributed by atoms with van der Waals surface area (Å²) in [5.41, 5.74) is 0.404. The van der Waals surface area contributed by atoms with Gasteiger partial charge < -0.3 is 9.94 Å². The number of rotatable bonds is 0. The lowest BCUT2D eigenvalue weighted by Gasteiger charge is -2.03. The number of fused-ring (bicyclic) bond motifs is 1. The fourth-order valence-electron chi connectivity index (χ4n) is 1.19. The van der Waals surface area contributed by atoms with Crippen molar-refractivity contribution in [2.75, 3.05) is 6.61 Å². The van der Waals surface area contributed by atoms with Gasteiger partial charge in [0.2, 0.25) is 23.5 Å². The minimum Gasteiger partial charge on any atom is -0.618 e. The highest BCUT2D eigenvalue weighted by molar-refractivity contribution is 6.32. The normalized spacial score (nSPS) is 14.2. The van der Waals surface area contributed by atoms with Crippen LogP contribution in [-0.2, 0) is 6.42 Å². The van der Waals surface area contributed by atoms with E-state index in [1.54, 1.807) is 0 Å². The van der Waals surface area contributed by atoms with E-state index in [9.17, 15) is 9.60 Å². The van der Waals surface area contributed by atoms with Crippen LogP contribution in [0.5, 0.6) is 5.75 Å². The second-order valence-electron chi connectivity index (χ2n) is 2.49. The van der Waals surface area contributed by atoms with Crippen molar-refractivity contribution in [1.82, 2.24) is 0 Å². The van der Waals surface area contributed by atoms with Crippen molar-refractivity contribution in [3.05, 3.63) is 27.9 Å². The maximum absolute atomic E-state index is 12.8. The van der Waals surface area contributed by atoms with Crippen LogP contribution >= 0.6 is 11.6 Å². The van der Waals surface area contributed by atoms with Crippen LogP contribution in [0.2, 0.25) is 5.02 Å². The highest BCUT2D eigenvalue weighted by Gasteiger charge is 2.27. The first-order valence-electron chi connectivity index (χ1n) is 3.43. The second-order valence-corrected chi connectivity index (χ2v) is 2.87. The quantitative estimate of drug-likeness (QED) is 0.452. The Morgan fingerprint density at radius 3 is 3.17 bits per heavy atom. The molecule has 0 radical (unpaired) electrons. The van der Waals surface area contributed by atoms with E-state index in [0.717, 1.165) is 6.20 Å². The average Bonchev–Trinajstić information content (AvgIpc) is 2.48. The summed E-state index contributed by atoms with van der Waals surface area (Å²) >= 11 is 5.56. The summed E-state index contributed by atoms with van der Waals surface area (Å²) in [5, 5.41) is 10.9. The van der Waals surface area contributed by atoms with Gasteiger partial charge in [-0.3, -0.25) is 0 Å². The minimum atomic E-state index is -0.743. The molecule has 0 atom stereocenters. The number of hydrogen-bond donors (Lipinski definition) is 0. The summed E-state index contributed by atoms with van der Waals surface area (Å²) in [6.07, 6.45) is 1.30. The number of nitrogens with zero attached hydrogens (tertiary/aromatic N) is 1. The predicted octanol–water partition coefficient (Wildman–Crippen LogP) is 1.05. The van der Waals surface area contributed by atoms with Crippen molar-refractivity contribution in [3.63, 3.8) is 0 Å². The van der Waals surface area contributed by atoms with Gasteiger partial charge >= 0.3 is 0 Å². The molecule has 0 N–H and O–H groups in total. The minimum absolute atomic E-state index is 0.102. The second kappa shape index (κ2) is 2.48. The van der Waals surface area contributed by atoms with Crippen LogP contribution in [0.15, 0.2) is 6.20 Å². The molecule has 2 heterocycles. The Morgan fingerprint density at radius 2 is 2.42 bits per heavy atom. The van der Waals surface area contributed by atoms with Crippen LogP contribution in [0, 0.1) is 11.0 Å². The van der Waals surface area contributed by atoms with Crippen LogP contribution < -0.4 is 9.47 Å². The molecular formula is C7H5ClFNO2. The van der Waals surface area contributed by atoms with E-state index >= 15 is 0 Å². The number of halogens is 2. The average molecular weight is 190 g/mol. The van der Waals surface area contributed by atoms with E-state index in [4.69, 9.17) is 16.3 Å². The third-order valence-corrected chi connectivity index (χ3v) is 2.11. The number of ether oxygens (including phenoxy) is 1. The highest BCUT2D eigenvalue weighted by Crippen LogP contribution is 2.32. The Balaban J connectivity index is 2.69. The molecule has 64 valence electrons. The summed E-state index contributed by atoms with van der Waals surface area (Å²) < 4.78 is 18.3. The molecule has 1 aromatic heterocycles. The van der Waals surface area contributed by atoms with Crippen molar-refractivity contribution < 1.29 is 13.9 Å². The fourth-order valence-corrected chi connectivity index (χ4v) is 1.41. The zero-order valence-corrected chi connectivity index (χ0v) is 6.77. The van der Waals surface area contributed by atoms with Crippen molar-refractivity contribution in [1.29, 1.82) is 0 Å². The molecule has 1 aliphatic rings. The molecule has 0 aliphatic carbocycles. The number of pyridine rings is 1. The molecule has 2 rings (SSSR count). The topological polar surface area (TPSA) is 36.2 Å². The van der Waals surface area contributed by atoms with Crippen LogP contribution in [0.25, 0.3) is 0 Å². The molecule has 0 saturated carbocycles. The van der Waals surface area contributed by atoms with Gasteiger partial charge in [0.15, 0.2) is 0 Å². The van der Waals surface area contributed by atoms with E-state index in [0.29, 0.717) is 23.5 Å². The summed E-state index contributed by atoms with van der Waals surface area (Å²) in [6.45, 7) is 0.390. The standard InChI is InChI=1S/C7H5ClFNO2/c8-6-4(9)3-10(11)5-1-2-12-7(5)6/h3H,1-2H2. The Kier molecular flexibility index (Phi) is 1.58. The SMILES string of the molecule is [O-][n+]1cc(F)c(Cl)c2c1CCO2. The van der Waals surface area contributed by atoms with Gasteiger partial charge in [-0.25, -0.2) is 0 Å². The lowest BCUT2D eigenvalue weighted by Crippen LogP contribution is -2.31. The molecular weight excluding hydrogens is 185 g/mol. The molecule has 0 aromatic carbocycles. The first kappa shape index (κ1) is 7.61. The zero-order valence-electron chi connectivity index (χ0n) is 6.01. The summed E-state index contributed by atoms with van der Waals surface area (Å²) in [4.78, 5) is 0. The highest BCUT2D eigenvalue weighted by atomic mass is 35.5. The Bertz CT molecular complexity index is 343. The zero-order chi connectivity index (χ0) is 8.72. The van der Waals surface area contributed by atoms with E-state index < -0.39 is 5.82 Å². The van der Waals surface area contributed by atoms with Gasteiger partial charge in [0.05, 0.1) is 13.0 Å². The maximum atomic E-state index is 12.8. The largest absolute Gasteiger partial charge is 0.618 e. The van der Waals surface area contributed by atoms with E-state index in [2.05, 4.69) is 0 Å². The monoisotopic (exact) mass is 189 g/mol. The van der Waals surface area contributed by atoms with Gasteiger partial charge in [-0.05, 0) is 0 Å². The first-order valence-corrected chi connectivity index (χ1v) is 3.81. The van der Waals surface area contributed by atoms with Gasteiger partial charge in [-0.15, -0.1) is 0 Å². The van der Waals surface area contributed by atoms with Crippen LogP contribution in [0.1, 0.15) is 5.69 Å². The van der Waals surface area contributed by atoms with Crippen molar-refractivity contribution in [2.45, 2.75) is 6.42 Å². The molecule has 0 bridgehead atoms. The van der Waals surface area contributed by atoms with Gasteiger partial charge in [-0.1, -0.05) is 11.6 Å². The van der Waals surface area contributed by atoms with Gasteiger partial charge in [0.25, 0.3) is 0 Å². The van der Waals surface area contributed by atoms with E-state index in [1.807, 2.05) is 0 Å². The van der Waals surface area contributed by atoms with Crippen LogP contribution in [-0.4, -0.2) is 6.61 Å². The summed E-state index contributed by atoms with van der Waals surface area (Å²) in [5.74, 6) is -0.556. The lowest BCUT2D eigenvalue weighted by molar-refractivity contribution is -0.614. The molecule has 3 nitrogen and oxygen atoms in total. The van der Waals surface area contributed by atoms with E-state index in [-0.39, 0.29) is 10.8 Å². The van der Waals surface area contributed by atoms with Crippen molar-refractivity contribution >= 4 is 11.6 Å². The predicted molar refractivity (Wildman–Crippen MR) is 39.6 cm³/mol. The Hall–Kier alpha value is -1.03. The fraction of sp³-hybridized carbons (Fsp3) is 0.286. The summed E-state index contributed by atoms with van der Waals surface area (Å²) in [7, 11) is 0. The van der Waals surface area contributed by atoms with E-state index in [1.165, 1.54) is 0 Å². The Morgan fingerprint density at radius 1 is 1.67 bits per heavy atom. The third-order valence-electron chi connectivity index (χ3n) is 1.75. The van der Waals surface area contributed by atoms with Gasteiger partial charge in [0, 0.05) is 0 Å². The molecule has 0 fully saturated rings. The molecule has 0 unspecified atom stereocenters. The third kappa shape index (κ3) is 0.914. The van der Waals surface area contributed by atoms with Crippen LogP contribution in [0.4, 0.5) is 4.39 Å². The van der Waals surface area contributed by atoms with Crippen molar-refractivity contribution in [3.8, 4) is 5.75 Å². The van der Waals surface area contributed by atoms with Crippen LogP contribution in [0.3, 0.4) is 0 Å².